The van der Waals surface area contributed by atoms with Crippen LogP contribution in [-0.2, 0) is 11.3 Å². The highest BCUT2D eigenvalue weighted by atomic mass is 16.5. The number of aromatic nitrogens is 1. The molecule has 0 atom stereocenters. The number of carbonyl (C=O) groups is 1. The lowest BCUT2D eigenvalue weighted by Gasteiger charge is -2.07. The van der Waals surface area contributed by atoms with Crippen LogP contribution < -0.4 is 5.43 Å². The quantitative estimate of drug-likeness (QED) is 0.754. The molecular weight excluding hydrogens is 292 g/mol. The summed E-state index contributed by atoms with van der Waals surface area (Å²) in [5, 5.41) is 9.53. The number of ether oxygens (including phenoxy) is 1. The van der Waals surface area contributed by atoms with Gasteiger partial charge in [-0.2, -0.15) is 5.26 Å². The summed E-state index contributed by atoms with van der Waals surface area (Å²) in [6, 6.07) is 17.1. The first-order chi connectivity index (χ1) is 11.2. The number of aromatic amines is 1. The third kappa shape index (κ3) is 2.97. The summed E-state index contributed by atoms with van der Waals surface area (Å²) in [6.07, 6.45) is 0. The van der Waals surface area contributed by atoms with E-state index >= 15 is 0 Å². The van der Waals surface area contributed by atoms with E-state index in [9.17, 15) is 9.59 Å². The zero-order chi connectivity index (χ0) is 16.2. The predicted molar refractivity (Wildman–Crippen MR) is 84.8 cm³/mol. The molecule has 0 saturated carbocycles. The molecule has 5 heteroatoms. The fourth-order valence-corrected chi connectivity index (χ4v) is 2.28. The van der Waals surface area contributed by atoms with Crippen LogP contribution >= 0.6 is 0 Å². The van der Waals surface area contributed by atoms with E-state index in [0.717, 1.165) is 0 Å². The third-order valence-corrected chi connectivity index (χ3v) is 3.45. The van der Waals surface area contributed by atoms with Gasteiger partial charge in [-0.05, 0) is 18.2 Å². The summed E-state index contributed by atoms with van der Waals surface area (Å²) in [5.74, 6) is -0.638. The highest BCUT2D eigenvalue weighted by molar-refractivity contribution is 5.90. The van der Waals surface area contributed by atoms with E-state index < -0.39 is 5.97 Å². The standard InChI is InChI=1S/C18H12N2O3/c19-10-12-5-1-2-6-13(12)11-23-18(22)16-9-17(21)14-7-3-4-8-15(14)20-16/h1-9H,11H2,(H,20,21). The SMILES string of the molecule is N#Cc1ccccc1COC(=O)c1cc(=O)c2ccccc2[nH]1. The lowest BCUT2D eigenvalue weighted by Crippen LogP contribution is -2.13. The number of para-hydroxylation sites is 1. The summed E-state index contributed by atoms with van der Waals surface area (Å²) in [7, 11) is 0. The zero-order valence-corrected chi connectivity index (χ0v) is 12.1. The smallest absolute Gasteiger partial charge is 0.355 e. The topological polar surface area (TPSA) is 82.9 Å². The molecule has 1 heterocycles. The second-order valence-corrected chi connectivity index (χ2v) is 4.94. The Bertz CT molecular complexity index is 983. The van der Waals surface area contributed by atoms with Crippen molar-refractivity contribution in [3.05, 3.63) is 81.6 Å². The van der Waals surface area contributed by atoms with Crippen molar-refractivity contribution >= 4 is 16.9 Å². The van der Waals surface area contributed by atoms with Gasteiger partial charge < -0.3 is 9.72 Å². The Balaban J connectivity index is 1.84. The summed E-state index contributed by atoms with van der Waals surface area (Å²) in [6.45, 7) is -0.0303. The Hall–Kier alpha value is -3.39. The van der Waals surface area contributed by atoms with Gasteiger partial charge in [0.05, 0.1) is 11.6 Å². The number of H-pyrrole nitrogens is 1. The first kappa shape index (κ1) is 14.5. The number of rotatable bonds is 3. The van der Waals surface area contributed by atoms with Crippen molar-refractivity contribution < 1.29 is 9.53 Å². The summed E-state index contributed by atoms with van der Waals surface area (Å²) in [4.78, 5) is 27.0. The van der Waals surface area contributed by atoms with Gasteiger partial charge in [-0.3, -0.25) is 4.79 Å². The number of esters is 1. The molecule has 5 nitrogen and oxygen atoms in total. The molecule has 0 aliphatic carbocycles. The van der Waals surface area contributed by atoms with E-state index in [1.807, 2.05) is 6.07 Å². The monoisotopic (exact) mass is 304 g/mol. The van der Waals surface area contributed by atoms with Gasteiger partial charge in [0.1, 0.15) is 12.3 Å². The average Bonchev–Trinajstić information content (AvgIpc) is 2.59. The van der Waals surface area contributed by atoms with Crippen molar-refractivity contribution in [2.45, 2.75) is 6.61 Å². The molecular formula is C18H12N2O3. The van der Waals surface area contributed by atoms with Gasteiger partial charge in [-0.15, -0.1) is 0 Å². The molecule has 112 valence electrons. The van der Waals surface area contributed by atoms with Gasteiger partial charge in [0, 0.05) is 22.5 Å². The summed E-state index contributed by atoms with van der Waals surface area (Å²) >= 11 is 0. The zero-order valence-electron chi connectivity index (χ0n) is 12.1. The average molecular weight is 304 g/mol. The number of carbonyl (C=O) groups excluding carboxylic acids is 1. The highest BCUT2D eigenvalue weighted by Crippen LogP contribution is 2.11. The van der Waals surface area contributed by atoms with Crippen LogP contribution in [0, 0.1) is 11.3 Å². The number of fused-ring (bicyclic) bond motifs is 1. The van der Waals surface area contributed by atoms with Crippen molar-refractivity contribution in [1.82, 2.24) is 4.98 Å². The van der Waals surface area contributed by atoms with Crippen LogP contribution in [0.25, 0.3) is 10.9 Å². The Morgan fingerprint density at radius 3 is 2.70 bits per heavy atom. The number of hydrogen-bond acceptors (Lipinski definition) is 4. The van der Waals surface area contributed by atoms with Gasteiger partial charge in [-0.25, -0.2) is 4.79 Å². The van der Waals surface area contributed by atoms with Crippen molar-refractivity contribution in [1.29, 1.82) is 5.26 Å². The molecule has 0 aliphatic heterocycles. The maximum atomic E-state index is 12.1. The molecule has 3 aromatic rings. The Kier molecular flexibility index (Phi) is 3.89. The largest absolute Gasteiger partial charge is 0.456 e. The minimum atomic E-state index is -0.638. The van der Waals surface area contributed by atoms with E-state index in [1.165, 1.54) is 6.07 Å². The van der Waals surface area contributed by atoms with E-state index in [0.29, 0.717) is 22.0 Å². The Labute approximate surface area is 131 Å². The molecule has 1 aromatic heterocycles. The molecule has 0 aliphatic rings. The molecule has 2 aromatic carbocycles. The fourth-order valence-electron chi connectivity index (χ4n) is 2.28. The second kappa shape index (κ2) is 6.16. The molecule has 1 N–H and O–H groups in total. The van der Waals surface area contributed by atoms with Crippen molar-refractivity contribution in [3.8, 4) is 6.07 Å². The van der Waals surface area contributed by atoms with Gasteiger partial charge in [0.25, 0.3) is 0 Å². The van der Waals surface area contributed by atoms with Crippen LogP contribution in [-0.4, -0.2) is 11.0 Å². The van der Waals surface area contributed by atoms with Gasteiger partial charge >= 0.3 is 5.97 Å². The van der Waals surface area contributed by atoms with Crippen molar-refractivity contribution in [2.24, 2.45) is 0 Å². The molecule has 0 saturated heterocycles. The Morgan fingerprint density at radius 2 is 1.87 bits per heavy atom. The molecule has 0 amide bonds. The first-order valence-electron chi connectivity index (χ1n) is 6.96. The van der Waals surface area contributed by atoms with Gasteiger partial charge in [-0.1, -0.05) is 30.3 Å². The minimum Gasteiger partial charge on any atom is -0.456 e. The Morgan fingerprint density at radius 1 is 1.13 bits per heavy atom. The van der Waals surface area contributed by atoms with Crippen LogP contribution in [0.15, 0.2) is 59.4 Å². The van der Waals surface area contributed by atoms with E-state index in [1.54, 1.807) is 48.5 Å². The number of benzene rings is 2. The molecule has 0 spiro atoms. The molecule has 0 radical (unpaired) electrons. The molecule has 0 bridgehead atoms. The molecule has 0 unspecified atom stereocenters. The molecule has 0 fully saturated rings. The maximum Gasteiger partial charge on any atom is 0.355 e. The van der Waals surface area contributed by atoms with Crippen LogP contribution in [0.1, 0.15) is 21.6 Å². The second-order valence-electron chi connectivity index (χ2n) is 4.94. The van der Waals surface area contributed by atoms with Crippen LogP contribution in [0.4, 0.5) is 0 Å². The minimum absolute atomic E-state index is 0.0303. The van der Waals surface area contributed by atoms with Crippen LogP contribution in [0.5, 0.6) is 0 Å². The van der Waals surface area contributed by atoms with Crippen LogP contribution in [0.2, 0.25) is 0 Å². The number of nitrogens with zero attached hydrogens (tertiary/aromatic N) is 1. The number of hydrogen-bond donors (Lipinski definition) is 1. The lowest BCUT2D eigenvalue weighted by molar-refractivity contribution is 0.0466. The number of nitrogens with one attached hydrogen (secondary N) is 1. The first-order valence-corrected chi connectivity index (χ1v) is 6.96. The number of pyridine rings is 1. The third-order valence-electron chi connectivity index (χ3n) is 3.45. The predicted octanol–water partition coefficient (Wildman–Crippen LogP) is 2.76. The van der Waals surface area contributed by atoms with E-state index in [4.69, 9.17) is 10.00 Å². The van der Waals surface area contributed by atoms with E-state index in [-0.39, 0.29) is 17.7 Å². The normalized spacial score (nSPS) is 10.2. The fraction of sp³-hybridized carbons (Fsp3) is 0.0556. The summed E-state index contributed by atoms with van der Waals surface area (Å²) < 4.78 is 5.20. The van der Waals surface area contributed by atoms with E-state index in [2.05, 4.69) is 4.98 Å². The maximum absolute atomic E-state index is 12.1. The van der Waals surface area contributed by atoms with Gasteiger partial charge in [0.15, 0.2) is 5.43 Å². The molecule has 23 heavy (non-hydrogen) atoms. The highest BCUT2D eigenvalue weighted by Gasteiger charge is 2.12. The van der Waals surface area contributed by atoms with Crippen molar-refractivity contribution in [2.75, 3.05) is 0 Å². The molecule has 3 rings (SSSR count). The van der Waals surface area contributed by atoms with Crippen LogP contribution in [0.3, 0.4) is 0 Å². The lowest BCUT2D eigenvalue weighted by atomic mass is 10.1. The van der Waals surface area contributed by atoms with Crippen molar-refractivity contribution in [3.63, 3.8) is 0 Å². The summed E-state index contributed by atoms with van der Waals surface area (Å²) in [5.41, 5.74) is 1.48. The van der Waals surface area contributed by atoms with Gasteiger partial charge in [0.2, 0.25) is 0 Å². The number of nitriles is 1.